The van der Waals surface area contributed by atoms with Crippen molar-refractivity contribution in [1.29, 1.82) is 0 Å². The van der Waals surface area contributed by atoms with Crippen LogP contribution in [0.4, 0.5) is 0 Å². The smallest absolute Gasteiger partial charge is 0.243 e. The number of aldehydes is 1. The second kappa shape index (κ2) is 21.5. The molecule has 2 fully saturated rings. The Balaban J connectivity index is 0.000000395. The maximum atomic E-state index is 12.6. The lowest BCUT2D eigenvalue weighted by atomic mass is 9.91. The number of aryl methyl sites for hydroxylation is 1. The first kappa shape index (κ1) is 37.9. The molecule has 5 amide bonds. The van der Waals surface area contributed by atoms with Crippen LogP contribution in [-0.4, -0.2) is 67.5 Å². The van der Waals surface area contributed by atoms with Crippen LogP contribution >= 0.6 is 11.6 Å². The van der Waals surface area contributed by atoms with Crippen LogP contribution in [0.3, 0.4) is 0 Å². The molecule has 0 spiro atoms. The fraction of sp³-hybridized carbons (Fsp3) is 0.471. The van der Waals surface area contributed by atoms with E-state index in [1.165, 1.54) is 37.7 Å². The number of carbonyl (C=O) groups excluding carboxylic acids is 6. The molecule has 0 radical (unpaired) electrons. The average Bonchev–Trinajstić information content (AvgIpc) is 3.05. The van der Waals surface area contributed by atoms with Crippen LogP contribution in [0.2, 0.25) is 5.02 Å². The number of hydrogen-bond donors (Lipinski definition) is 5. The third-order valence-corrected chi connectivity index (χ3v) is 7.57. The summed E-state index contributed by atoms with van der Waals surface area (Å²) < 4.78 is 0. The lowest BCUT2D eigenvalue weighted by Gasteiger charge is -2.19. The summed E-state index contributed by atoms with van der Waals surface area (Å²) in [5.74, 6) is -1.79. The van der Waals surface area contributed by atoms with E-state index in [1.54, 1.807) is 24.3 Å². The largest absolute Gasteiger partial charge is 0.352 e. The summed E-state index contributed by atoms with van der Waals surface area (Å²) in [7, 11) is 0. The molecule has 0 aromatic heterocycles. The van der Waals surface area contributed by atoms with Crippen molar-refractivity contribution >= 4 is 47.4 Å². The minimum absolute atomic E-state index is 0.166. The Labute approximate surface area is 276 Å². The van der Waals surface area contributed by atoms with E-state index in [-0.39, 0.29) is 38.9 Å². The second-order valence-electron chi connectivity index (χ2n) is 11.5. The highest BCUT2D eigenvalue weighted by Crippen LogP contribution is 2.22. The molecule has 4 rings (SSSR count). The van der Waals surface area contributed by atoms with Gasteiger partial charge in [0.05, 0.1) is 13.1 Å². The maximum Gasteiger partial charge on any atom is 0.243 e. The molecule has 1 aliphatic heterocycles. The Morgan fingerprint density at radius 2 is 1.37 bits per heavy atom. The summed E-state index contributed by atoms with van der Waals surface area (Å²) in [6.07, 6.45) is 7.70. The lowest BCUT2D eigenvalue weighted by molar-refractivity contribution is -0.131. The van der Waals surface area contributed by atoms with Crippen molar-refractivity contribution in [2.45, 2.75) is 77.3 Å². The highest BCUT2D eigenvalue weighted by molar-refractivity contribution is 6.30. The molecule has 1 heterocycles. The predicted octanol–water partition coefficient (Wildman–Crippen LogP) is 2.78. The summed E-state index contributed by atoms with van der Waals surface area (Å²) in [5.41, 5.74) is 2.04. The molecule has 0 unspecified atom stereocenters. The van der Waals surface area contributed by atoms with Crippen LogP contribution in [0.5, 0.6) is 0 Å². The zero-order chi connectivity index (χ0) is 33.7. The fourth-order valence-corrected chi connectivity index (χ4v) is 4.75. The molecule has 1 saturated carbocycles. The van der Waals surface area contributed by atoms with E-state index in [4.69, 9.17) is 11.6 Å². The monoisotopic (exact) mass is 655 g/mol. The molecular formula is C34H46ClN5O6. The highest BCUT2D eigenvalue weighted by Gasteiger charge is 2.23. The van der Waals surface area contributed by atoms with Gasteiger partial charge in [-0.1, -0.05) is 98.7 Å². The molecule has 2 aliphatic rings. The van der Waals surface area contributed by atoms with E-state index in [0.717, 1.165) is 16.5 Å². The van der Waals surface area contributed by atoms with E-state index < -0.39 is 41.6 Å². The Morgan fingerprint density at radius 1 is 0.739 bits per heavy atom. The van der Waals surface area contributed by atoms with E-state index in [0.29, 0.717) is 6.29 Å². The zero-order valence-corrected chi connectivity index (χ0v) is 27.4. The molecular weight excluding hydrogens is 610 g/mol. The SMILES string of the molecule is CC1CCCCC1.Cc1ccc(Cl)cc1.O=C[C@@H]1CNC(=O)CNC(=O)[C@H](Cc2ccccc2)NC(=O)CNC(=O)CCC(=O)N1. The fourth-order valence-electron chi connectivity index (χ4n) is 4.63. The normalized spacial score (nSPS) is 20.4. The molecule has 46 heavy (non-hydrogen) atoms. The van der Waals surface area contributed by atoms with Crippen LogP contribution in [0.25, 0.3) is 0 Å². The first-order chi connectivity index (χ1) is 22.0. The van der Waals surface area contributed by atoms with E-state index in [9.17, 15) is 28.8 Å². The van der Waals surface area contributed by atoms with Crippen molar-refractivity contribution in [3.8, 4) is 0 Å². The first-order valence-corrected chi connectivity index (χ1v) is 16.0. The van der Waals surface area contributed by atoms with Gasteiger partial charge in [-0.05, 0) is 30.5 Å². The third kappa shape index (κ3) is 16.7. The Bertz CT molecular complexity index is 1250. The van der Waals surface area contributed by atoms with Gasteiger partial charge in [0.1, 0.15) is 18.4 Å². The van der Waals surface area contributed by atoms with Gasteiger partial charge in [-0.2, -0.15) is 0 Å². The molecule has 250 valence electrons. The number of rotatable bonds is 3. The first-order valence-electron chi connectivity index (χ1n) is 15.7. The molecule has 2 atom stereocenters. The van der Waals surface area contributed by atoms with Crippen LogP contribution in [0.1, 0.15) is 63.0 Å². The minimum atomic E-state index is -0.972. The summed E-state index contributed by atoms with van der Waals surface area (Å²) in [5, 5.41) is 13.0. The summed E-state index contributed by atoms with van der Waals surface area (Å²) in [6, 6.07) is 14.8. The molecule has 1 saturated heterocycles. The average molecular weight is 656 g/mol. The molecule has 0 bridgehead atoms. The van der Waals surface area contributed by atoms with Gasteiger partial charge in [0, 0.05) is 30.8 Å². The van der Waals surface area contributed by atoms with Gasteiger partial charge in [0.2, 0.25) is 29.5 Å². The van der Waals surface area contributed by atoms with E-state index >= 15 is 0 Å². The van der Waals surface area contributed by atoms with Gasteiger partial charge in [-0.15, -0.1) is 0 Å². The number of nitrogens with one attached hydrogen (secondary N) is 5. The minimum Gasteiger partial charge on any atom is -0.352 e. The molecule has 12 heteroatoms. The molecule has 11 nitrogen and oxygen atoms in total. The molecule has 2 aromatic rings. The van der Waals surface area contributed by atoms with Gasteiger partial charge < -0.3 is 31.4 Å². The van der Waals surface area contributed by atoms with Crippen LogP contribution in [0, 0.1) is 12.8 Å². The summed E-state index contributed by atoms with van der Waals surface area (Å²) >= 11 is 5.61. The number of hydrogen-bond acceptors (Lipinski definition) is 6. The summed E-state index contributed by atoms with van der Waals surface area (Å²) in [4.78, 5) is 71.6. The van der Waals surface area contributed by atoms with E-state index in [2.05, 4.69) is 33.5 Å². The van der Waals surface area contributed by atoms with Crippen LogP contribution in [-0.2, 0) is 35.2 Å². The van der Waals surface area contributed by atoms with Crippen LogP contribution < -0.4 is 26.6 Å². The Morgan fingerprint density at radius 3 is 1.96 bits per heavy atom. The highest BCUT2D eigenvalue weighted by atomic mass is 35.5. The molecule has 2 aromatic carbocycles. The van der Waals surface area contributed by atoms with Crippen molar-refractivity contribution in [2.75, 3.05) is 19.6 Å². The van der Waals surface area contributed by atoms with Crippen molar-refractivity contribution in [3.05, 3.63) is 70.7 Å². The standard InChI is InChI=1S/C20H25N5O6.C7H7Cl.C7H14/c26-12-14-9-21-18(29)10-23-20(31)15(8-13-4-2-1-3-5-13)25-19(30)11-22-16(27)6-7-17(28)24-14;1-6-2-4-7(8)5-3-6;1-7-5-3-2-4-6-7/h1-5,12,14-15H,6-11H2,(H,21,29)(H,22,27)(H,23,31)(H,24,28)(H,25,30);2-5H,1H3;7H,2-6H2,1H3/t14-,15-;;/m0../s1. The molecule has 1 aliphatic carbocycles. The quantitative estimate of drug-likeness (QED) is 0.320. The van der Waals surface area contributed by atoms with Crippen LogP contribution in [0.15, 0.2) is 54.6 Å². The topological polar surface area (TPSA) is 163 Å². The maximum absolute atomic E-state index is 12.6. The van der Waals surface area contributed by atoms with E-state index in [1.807, 2.05) is 37.3 Å². The van der Waals surface area contributed by atoms with Crippen molar-refractivity contribution < 1.29 is 28.8 Å². The second-order valence-corrected chi connectivity index (χ2v) is 11.9. The van der Waals surface area contributed by atoms with Gasteiger partial charge >= 0.3 is 0 Å². The van der Waals surface area contributed by atoms with Crippen molar-refractivity contribution in [3.63, 3.8) is 0 Å². The number of halogens is 1. The van der Waals surface area contributed by atoms with Gasteiger partial charge in [-0.3, -0.25) is 24.0 Å². The Kier molecular flexibility index (Phi) is 17.7. The van der Waals surface area contributed by atoms with Gasteiger partial charge in [-0.25, -0.2) is 0 Å². The number of amides is 5. The van der Waals surface area contributed by atoms with Gasteiger partial charge in [0.25, 0.3) is 0 Å². The van der Waals surface area contributed by atoms with Crippen molar-refractivity contribution in [2.24, 2.45) is 5.92 Å². The summed E-state index contributed by atoms with van der Waals surface area (Å²) in [6.45, 7) is 3.47. The Hall–Kier alpha value is -4.25. The third-order valence-electron chi connectivity index (χ3n) is 7.32. The van der Waals surface area contributed by atoms with Crippen molar-refractivity contribution in [1.82, 2.24) is 26.6 Å². The molecule has 5 N–H and O–H groups in total. The number of carbonyl (C=O) groups is 6. The zero-order valence-electron chi connectivity index (χ0n) is 26.6. The predicted molar refractivity (Wildman–Crippen MR) is 177 cm³/mol. The van der Waals surface area contributed by atoms with Gasteiger partial charge in [0.15, 0.2) is 0 Å². The number of benzene rings is 2. The lowest BCUT2D eigenvalue weighted by Crippen LogP contribution is -2.52.